The van der Waals surface area contributed by atoms with E-state index in [1.165, 1.54) is 6.07 Å². The Bertz CT molecular complexity index is 292. The van der Waals surface area contributed by atoms with Crippen LogP contribution in [0.1, 0.15) is 5.56 Å². The Morgan fingerprint density at radius 1 is 1.64 bits per heavy atom. The van der Waals surface area contributed by atoms with Crippen molar-refractivity contribution in [2.75, 3.05) is 0 Å². The van der Waals surface area contributed by atoms with Gasteiger partial charge >= 0.3 is 0 Å². The van der Waals surface area contributed by atoms with Crippen LogP contribution in [0.2, 0.25) is 0 Å². The Morgan fingerprint density at radius 2 is 2.45 bits per heavy atom. The van der Waals surface area contributed by atoms with Crippen molar-refractivity contribution in [3.05, 3.63) is 34.2 Å². The zero-order valence-corrected chi connectivity index (χ0v) is 5.83. The van der Waals surface area contributed by atoms with Crippen molar-refractivity contribution in [1.82, 2.24) is 10.3 Å². The minimum atomic E-state index is -0.157. The van der Waals surface area contributed by atoms with Gasteiger partial charge in [0.25, 0.3) is 0 Å². The molecule has 0 atom stereocenters. The van der Waals surface area contributed by atoms with Gasteiger partial charge in [-0.05, 0) is 11.6 Å². The second-order valence-electron chi connectivity index (χ2n) is 2.06. The standard InChI is InChI=1S/C7H8N2O2/c10-5-8-4-6-1-2-9-7(11)3-6/h1-3,5H,4H2,(H,8,10)(H,9,11). The van der Waals surface area contributed by atoms with Gasteiger partial charge in [0.05, 0.1) is 0 Å². The van der Waals surface area contributed by atoms with E-state index in [9.17, 15) is 9.59 Å². The second-order valence-corrected chi connectivity index (χ2v) is 2.06. The minimum absolute atomic E-state index is 0.157. The van der Waals surface area contributed by atoms with Gasteiger partial charge in [-0.3, -0.25) is 9.59 Å². The number of H-pyrrole nitrogens is 1. The quantitative estimate of drug-likeness (QED) is 0.580. The molecule has 0 fully saturated rings. The second kappa shape index (κ2) is 3.55. The molecule has 0 radical (unpaired) electrons. The summed E-state index contributed by atoms with van der Waals surface area (Å²) in [6.07, 6.45) is 2.14. The summed E-state index contributed by atoms with van der Waals surface area (Å²) >= 11 is 0. The van der Waals surface area contributed by atoms with E-state index >= 15 is 0 Å². The van der Waals surface area contributed by atoms with E-state index in [-0.39, 0.29) is 5.56 Å². The summed E-state index contributed by atoms with van der Waals surface area (Å²) in [4.78, 5) is 23.0. The van der Waals surface area contributed by atoms with Crippen LogP contribution in [0.5, 0.6) is 0 Å². The van der Waals surface area contributed by atoms with Crippen molar-refractivity contribution in [3.63, 3.8) is 0 Å². The highest BCUT2D eigenvalue weighted by Crippen LogP contribution is 1.89. The average Bonchev–Trinajstić information content (AvgIpc) is 2.01. The lowest BCUT2D eigenvalue weighted by Crippen LogP contribution is -2.12. The fourth-order valence-corrected chi connectivity index (χ4v) is 0.758. The zero-order chi connectivity index (χ0) is 8.10. The summed E-state index contributed by atoms with van der Waals surface area (Å²) in [5, 5.41) is 2.46. The van der Waals surface area contributed by atoms with Gasteiger partial charge in [-0.1, -0.05) is 0 Å². The molecule has 1 heterocycles. The van der Waals surface area contributed by atoms with Crippen LogP contribution in [0.3, 0.4) is 0 Å². The molecule has 0 saturated heterocycles. The number of aromatic nitrogens is 1. The highest BCUT2D eigenvalue weighted by Gasteiger charge is 1.89. The maximum atomic E-state index is 10.7. The molecule has 58 valence electrons. The van der Waals surface area contributed by atoms with Gasteiger partial charge in [-0.2, -0.15) is 0 Å². The first-order valence-corrected chi connectivity index (χ1v) is 3.17. The van der Waals surface area contributed by atoms with Crippen molar-refractivity contribution in [2.45, 2.75) is 6.54 Å². The van der Waals surface area contributed by atoms with Gasteiger partial charge in [0.1, 0.15) is 0 Å². The molecule has 0 aliphatic heterocycles. The first kappa shape index (κ1) is 7.53. The van der Waals surface area contributed by atoms with Crippen molar-refractivity contribution in [3.8, 4) is 0 Å². The van der Waals surface area contributed by atoms with Crippen LogP contribution in [0.25, 0.3) is 0 Å². The highest BCUT2D eigenvalue weighted by atomic mass is 16.1. The summed E-state index contributed by atoms with van der Waals surface area (Å²) in [6.45, 7) is 0.396. The van der Waals surface area contributed by atoms with Crippen LogP contribution in [-0.2, 0) is 11.3 Å². The van der Waals surface area contributed by atoms with Gasteiger partial charge in [-0.15, -0.1) is 0 Å². The third-order valence-electron chi connectivity index (χ3n) is 1.23. The van der Waals surface area contributed by atoms with Crippen molar-refractivity contribution in [1.29, 1.82) is 0 Å². The third kappa shape index (κ3) is 2.25. The minimum Gasteiger partial charge on any atom is -0.355 e. The number of carbonyl (C=O) groups is 1. The van der Waals surface area contributed by atoms with E-state index in [0.29, 0.717) is 13.0 Å². The van der Waals surface area contributed by atoms with Crippen LogP contribution in [0.4, 0.5) is 0 Å². The number of hydrogen-bond acceptors (Lipinski definition) is 2. The molecule has 0 aliphatic rings. The number of aromatic amines is 1. The van der Waals surface area contributed by atoms with Crippen molar-refractivity contribution >= 4 is 6.41 Å². The maximum absolute atomic E-state index is 10.7. The van der Waals surface area contributed by atoms with Gasteiger partial charge in [0.2, 0.25) is 12.0 Å². The zero-order valence-electron chi connectivity index (χ0n) is 5.83. The molecule has 4 nitrogen and oxygen atoms in total. The van der Waals surface area contributed by atoms with Crippen LogP contribution in [0, 0.1) is 0 Å². The number of nitrogens with one attached hydrogen (secondary N) is 2. The van der Waals surface area contributed by atoms with E-state index in [0.717, 1.165) is 5.56 Å². The molecule has 0 spiro atoms. The van der Waals surface area contributed by atoms with E-state index in [1.807, 2.05) is 0 Å². The lowest BCUT2D eigenvalue weighted by Gasteiger charge is -1.96. The molecular weight excluding hydrogens is 144 g/mol. The summed E-state index contributed by atoms with van der Waals surface area (Å²) in [5.74, 6) is 0. The van der Waals surface area contributed by atoms with Gasteiger partial charge in [-0.25, -0.2) is 0 Å². The lowest BCUT2D eigenvalue weighted by atomic mass is 10.3. The average molecular weight is 152 g/mol. The first-order valence-electron chi connectivity index (χ1n) is 3.17. The maximum Gasteiger partial charge on any atom is 0.248 e. The molecule has 0 unspecified atom stereocenters. The number of rotatable bonds is 3. The summed E-state index contributed by atoms with van der Waals surface area (Å²) < 4.78 is 0. The van der Waals surface area contributed by atoms with Crippen LogP contribution in [0.15, 0.2) is 23.1 Å². The molecule has 1 aromatic rings. The fourth-order valence-electron chi connectivity index (χ4n) is 0.758. The monoisotopic (exact) mass is 152 g/mol. The van der Waals surface area contributed by atoms with Crippen LogP contribution in [-0.4, -0.2) is 11.4 Å². The Balaban J connectivity index is 2.71. The Labute approximate surface area is 63.3 Å². The molecule has 0 bridgehead atoms. The van der Waals surface area contributed by atoms with Crippen LogP contribution < -0.4 is 10.9 Å². The Morgan fingerprint density at radius 3 is 3.09 bits per heavy atom. The van der Waals surface area contributed by atoms with Crippen molar-refractivity contribution in [2.24, 2.45) is 0 Å². The molecule has 11 heavy (non-hydrogen) atoms. The summed E-state index contributed by atoms with van der Waals surface area (Å²) in [5.41, 5.74) is 0.635. The van der Waals surface area contributed by atoms with Crippen LogP contribution >= 0.6 is 0 Å². The predicted molar refractivity (Wildman–Crippen MR) is 40.0 cm³/mol. The van der Waals surface area contributed by atoms with E-state index < -0.39 is 0 Å². The molecule has 2 N–H and O–H groups in total. The molecular formula is C7H8N2O2. The normalized spacial score (nSPS) is 9.09. The van der Waals surface area contributed by atoms with E-state index in [1.54, 1.807) is 12.3 Å². The number of amides is 1. The topological polar surface area (TPSA) is 62.0 Å². The largest absolute Gasteiger partial charge is 0.355 e. The molecule has 0 aliphatic carbocycles. The Hall–Kier alpha value is -1.58. The number of pyridine rings is 1. The van der Waals surface area contributed by atoms with Gasteiger partial charge in [0, 0.05) is 18.8 Å². The molecule has 4 heteroatoms. The van der Waals surface area contributed by atoms with Gasteiger partial charge in [0.15, 0.2) is 0 Å². The van der Waals surface area contributed by atoms with Gasteiger partial charge < -0.3 is 10.3 Å². The molecule has 0 saturated carbocycles. The molecule has 0 aromatic carbocycles. The summed E-state index contributed by atoms with van der Waals surface area (Å²) in [7, 11) is 0. The third-order valence-corrected chi connectivity index (χ3v) is 1.23. The van der Waals surface area contributed by atoms with E-state index in [4.69, 9.17) is 0 Å². The number of carbonyl (C=O) groups excluding carboxylic acids is 1. The first-order chi connectivity index (χ1) is 5.33. The lowest BCUT2D eigenvalue weighted by molar-refractivity contribution is -0.109. The molecule has 1 amide bonds. The number of hydrogen-bond donors (Lipinski definition) is 2. The summed E-state index contributed by atoms with van der Waals surface area (Å²) in [6, 6.07) is 3.18. The predicted octanol–water partition coefficient (Wildman–Crippen LogP) is -0.379. The SMILES string of the molecule is O=CNCc1cc[nH]c(=O)c1. The molecule has 1 aromatic heterocycles. The van der Waals surface area contributed by atoms with Crippen molar-refractivity contribution < 1.29 is 4.79 Å². The fraction of sp³-hybridized carbons (Fsp3) is 0.143. The Kier molecular flexibility index (Phi) is 2.43. The smallest absolute Gasteiger partial charge is 0.248 e. The molecule has 1 rings (SSSR count). The highest BCUT2D eigenvalue weighted by molar-refractivity contribution is 5.46. The van der Waals surface area contributed by atoms with E-state index in [2.05, 4.69) is 10.3 Å².